The lowest BCUT2D eigenvalue weighted by atomic mass is 10.1. The van der Waals surface area contributed by atoms with Crippen LogP contribution in [0.1, 0.15) is 16.7 Å². The summed E-state index contributed by atoms with van der Waals surface area (Å²) >= 11 is 0. The number of carbonyl (C=O) groups is 1. The van der Waals surface area contributed by atoms with Crippen LogP contribution in [0.25, 0.3) is 0 Å². The van der Waals surface area contributed by atoms with Gasteiger partial charge in [-0.3, -0.25) is 4.79 Å². The molecular formula is C23H28N2O6S. The Labute approximate surface area is 188 Å². The SMILES string of the molecule is COc1cc(C)c(S(=O)(=O)N2CCN(C(=O)C3COc4ccccc4O3)CC2)c(C)c1C. The van der Waals surface area contributed by atoms with Crippen LogP contribution in [0, 0.1) is 20.8 Å². The Morgan fingerprint density at radius 3 is 2.34 bits per heavy atom. The predicted molar refractivity (Wildman–Crippen MR) is 119 cm³/mol. The topological polar surface area (TPSA) is 85.4 Å². The number of nitrogens with zero attached hydrogens (tertiary/aromatic N) is 2. The molecule has 1 saturated heterocycles. The highest BCUT2D eigenvalue weighted by Crippen LogP contribution is 2.33. The molecule has 1 unspecified atom stereocenters. The van der Waals surface area contributed by atoms with Gasteiger partial charge in [-0.2, -0.15) is 4.31 Å². The molecule has 4 rings (SSSR count). The highest BCUT2D eigenvalue weighted by atomic mass is 32.2. The van der Waals surface area contributed by atoms with E-state index in [0.29, 0.717) is 46.4 Å². The number of hydrogen-bond donors (Lipinski definition) is 0. The van der Waals surface area contributed by atoms with E-state index < -0.39 is 16.1 Å². The number of sulfonamides is 1. The van der Waals surface area contributed by atoms with E-state index in [9.17, 15) is 13.2 Å². The summed E-state index contributed by atoms with van der Waals surface area (Å²) in [6, 6.07) is 8.99. The molecule has 0 N–H and O–H groups in total. The zero-order valence-corrected chi connectivity index (χ0v) is 19.6. The molecule has 0 aromatic heterocycles. The third-order valence-corrected chi connectivity index (χ3v) is 8.32. The monoisotopic (exact) mass is 460 g/mol. The second kappa shape index (κ2) is 8.63. The van der Waals surface area contributed by atoms with Crippen molar-refractivity contribution in [3.63, 3.8) is 0 Å². The van der Waals surface area contributed by atoms with Crippen molar-refractivity contribution >= 4 is 15.9 Å². The first-order valence-electron chi connectivity index (χ1n) is 10.6. The molecule has 9 heteroatoms. The highest BCUT2D eigenvalue weighted by Gasteiger charge is 2.36. The summed E-state index contributed by atoms with van der Waals surface area (Å²) in [7, 11) is -2.13. The lowest BCUT2D eigenvalue weighted by Crippen LogP contribution is -2.55. The standard InChI is InChI=1S/C23H28N2O6S/c1-15-13-20(29-4)16(2)17(3)22(15)32(27,28)25-11-9-24(10-12-25)23(26)21-14-30-18-7-5-6-8-19(18)31-21/h5-8,13,21H,9-12,14H2,1-4H3. The van der Waals surface area contributed by atoms with Crippen molar-refractivity contribution in [3.8, 4) is 17.2 Å². The average molecular weight is 461 g/mol. The Morgan fingerprint density at radius 2 is 1.69 bits per heavy atom. The fraction of sp³-hybridized carbons (Fsp3) is 0.435. The van der Waals surface area contributed by atoms with E-state index >= 15 is 0 Å². The largest absolute Gasteiger partial charge is 0.496 e. The minimum Gasteiger partial charge on any atom is -0.496 e. The van der Waals surface area contributed by atoms with Gasteiger partial charge in [-0.05, 0) is 55.7 Å². The first kappa shape index (κ1) is 22.4. The van der Waals surface area contributed by atoms with E-state index in [1.54, 1.807) is 44.1 Å². The maximum atomic E-state index is 13.4. The highest BCUT2D eigenvalue weighted by molar-refractivity contribution is 7.89. The van der Waals surface area contributed by atoms with Crippen molar-refractivity contribution in [3.05, 3.63) is 47.0 Å². The molecule has 0 saturated carbocycles. The number of hydrogen-bond acceptors (Lipinski definition) is 6. The maximum Gasteiger partial charge on any atom is 0.267 e. The number of para-hydroxylation sites is 2. The van der Waals surface area contributed by atoms with Gasteiger partial charge in [0.05, 0.1) is 12.0 Å². The molecule has 0 bridgehead atoms. The van der Waals surface area contributed by atoms with Crippen molar-refractivity contribution in [2.45, 2.75) is 31.8 Å². The van der Waals surface area contributed by atoms with Gasteiger partial charge in [0.2, 0.25) is 16.1 Å². The number of piperazine rings is 1. The number of methoxy groups -OCH3 is 1. The third kappa shape index (κ3) is 3.91. The van der Waals surface area contributed by atoms with Crippen LogP contribution in [0.2, 0.25) is 0 Å². The van der Waals surface area contributed by atoms with Crippen molar-refractivity contribution in [2.75, 3.05) is 39.9 Å². The maximum absolute atomic E-state index is 13.4. The fourth-order valence-corrected chi connectivity index (χ4v) is 6.16. The molecule has 1 fully saturated rings. The smallest absolute Gasteiger partial charge is 0.267 e. The lowest BCUT2D eigenvalue weighted by molar-refractivity contribution is -0.142. The van der Waals surface area contributed by atoms with Crippen molar-refractivity contribution in [1.82, 2.24) is 9.21 Å². The van der Waals surface area contributed by atoms with Gasteiger partial charge in [-0.1, -0.05) is 12.1 Å². The Hall–Kier alpha value is -2.78. The first-order valence-corrected chi connectivity index (χ1v) is 12.0. The molecule has 2 aromatic carbocycles. The Kier molecular flexibility index (Phi) is 6.05. The zero-order chi connectivity index (χ0) is 23.0. The minimum atomic E-state index is -3.70. The molecule has 2 aliphatic rings. The second-order valence-corrected chi connectivity index (χ2v) is 9.94. The Balaban J connectivity index is 1.46. The number of amides is 1. The van der Waals surface area contributed by atoms with Crippen molar-refractivity contribution < 1.29 is 27.4 Å². The second-order valence-electron chi connectivity index (χ2n) is 8.07. The lowest BCUT2D eigenvalue weighted by Gasteiger charge is -2.37. The van der Waals surface area contributed by atoms with Crippen LogP contribution in [0.5, 0.6) is 17.2 Å². The van der Waals surface area contributed by atoms with Crippen molar-refractivity contribution in [1.29, 1.82) is 0 Å². The molecular weight excluding hydrogens is 432 g/mol. The van der Waals surface area contributed by atoms with Gasteiger partial charge in [0, 0.05) is 26.2 Å². The fourth-order valence-electron chi connectivity index (χ4n) is 4.25. The van der Waals surface area contributed by atoms with Gasteiger partial charge in [-0.15, -0.1) is 0 Å². The Bertz CT molecular complexity index is 1140. The van der Waals surface area contributed by atoms with Crippen LogP contribution in [0.4, 0.5) is 0 Å². The van der Waals surface area contributed by atoms with E-state index in [1.807, 2.05) is 19.1 Å². The van der Waals surface area contributed by atoms with Crippen LogP contribution < -0.4 is 14.2 Å². The third-order valence-electron chi connectivity index (χ3n) is 6.13. The normalized spacial score (nSPS) is 19.0. The molecule has 0 aliphatic carbocycles. The summed E-state index contributed by atoms with van der Waals surface area (Å²) in [6.07, 6.45) is -0.734. The molecule has 2 aliphatic heterocycles. The van der Waals surface area contributed by atoms with Crippen LogP contribution in [-0.2, 0) is 14.8 Å². The molecule has 1 atom stereocenters. The number of ether oxygens (including phenoxy) is 3. The van der Waals surface area contributed by atoms with E-state index in [0.717, 1.165) is 5.56 Å². The van der Waals surface area contributed by atoms with Gasteiger partial charge in [0.15, 0.2) is 11.5 Å². The van der Waals surface area contributed by atoms with Gasteiger partial charge >= 0.3 is 0 Å². The minimum absolute atomic E-state index is 0.137. The summed E-state index contributed by atoms with van der Waals surface area (Å²) in [5, 5.41) is 0. The number of benzene rings is 2. The van der Waals surface area contributed by atoms with E-state index in [1.165, 1.54) is 4.31 Å². The summed E-state index contributed by atoms with van der Waals surface area (Å²) in [5.74, 6) is 1.64. The van der Waals surface area contributed by atoms with Crippen LogP contribution in [0.15, 0.2) is 35.2 Å². The van der Waals surface area contributed by atoms with Crippen LogP contribution in [0.3, 0.4) is 0 Å². The predicted octanol–water partition coefficient (Wildman–Crippen LogP) is 2.29. The van der Waals surface area contributed by atoms with Gasteiger partial charge in [-0.25, -0.2) is 8.42 Å². The molecule has 1 amide bonds. The zero-order valence-electron chi connectivity index (χ0n) is 18.8. The van der Waals surface area contributed by atoms with Crippen molar-refractivity contribution in [2.24, 2.45) is 0 Å². The number of fused-ring (bicyclic) bond motifs is 1. The summed E-state index contributed by atoms with van der Waals surface area (Å²) in [4.78, 5) is 14.9. The quantitative estimate of drug-likeness (QED) is 0.696. The molecule has 8 nitrogen and oxygen atoms in total. The molecule has 0 radical (unpaired) electrons. The molecule has 172 valence electrons. The number of aryl methyl sites for hydroxylation is 1. The average Bonchev–Trinajstić information content (AvgIpc) is 2.80. The van der Waals surface area contributed by atoms with Gasteiger partial charge in [0.25, 0.3) is 5.91 Å². The molecule has 2 aromatic rings. The van der Waals surface area contributed by atoms with Gasteiger partial charge in [0.1, 0.15) is 12.4 Å². The first-order chi connectivity index (χ1) is 15.2. The molecule has 32 heavy (non-hydrogen) atoms. The van der Waals surface area contributed by atoms with Crippen LogP contribution in [-0.4, -0.2) is 69.5 Å². The molecule has 2 heterocycles. The van der Waals surface area contributed by atoms with E-state index in [2.05, 4.69) is 0 Å². The van der Waals surface area contributed by atoms with Gasteiger partial charge < -0.3 is 19.1 Å². The van der Waals surface area contributed by atoms with Crippen LogP contribution >= 0.6 is 0 Å². The molecule has 0 spiro atoms. The van der Waals surface area contributed by atoms with E-state index in [4.69, 9.17) is 14.2 Å². The van der Waals surface area contributed by atoms with E-state index in [-0.39, 0.29) is 25.6 Å². The number of rotatable bonds is 4. The summed E-state index contributed by atoms with van der Waals surface area (Å²) in [6.45, 7) is 6.62. The summed E-state index contributed by atoms with van der Waals surface area (Å²) in [5.41, 5.74) is 2.14. The summed E-state index contributed by atoms with van der Waals surface area (Å²) < 4.78 is 45.1. The number of carbonyl (C=O) groups excluding carboxylic acids is 1. The Morgan fingerprint density at radius 1 is 1.03 bits per heavy atom.